The standard InChI is InChI=1S/C13H21BrN2/c1-3-4-5-6-13(16-15)11-7-10(2)8-12(14)9-11/h7-9,13,16H,3-6,15H2,1-2H3. The molecule has 16 heavy (non-hydrogen) atoms. The Bertz CT molecular complexity index is 305. The van der Waals surface area contributed by atoms with Crippen molar-refractivity contribution in [1.82, 2.24) is 5.43 Å². The molecule has 0 spiro atoms. The Hall–Kier alpha value is -0.380. The van der Waals surface area contributed by atoms with Crippen LogP contribution in [-0.2, 0) is 0 Å². The summed E-state index contributed by atoms with van der Waals surface area (Å²) < 4.78 is 1.12. The van der Waals surface area contributed by atoms with Crippen LogP contribution in [0, 0.1) is 6.92 Å². The van der Waals surface area contributed by atoms with Gasteiger partial charge in [-0.2, -0.15) is 0 Å². The van der Waals surface area contributed by atoms with Gasteiger partial charge in [0.05, 0.1) is 0 Å². The quantitative estimate of drug-likeness (QED) is 0.473. The fourth-order valence-corrected chi connectivity index (χ4v) is 2.54. The fraction of sp³-hybridized carbons (Fsp3) is 0.538. The van der Waals surface area contributed by atoms with Crippen molar-refractivity contribution in [2.75, 3.05) is 0 Å². The minimum absolute atomic E-state index is 0.266. The van der Waals surface area contributed by atoms with Gasteiger partial charge in [0.2, 0.25) is 0 Å². The van der Waals surface area contributed by atoms with Crippen molar-refractivity contribution in [2.24, 2.45) is 5.84 Å². The Labute approximate surface area is 107 Å². The van der Waals surface area contributed by atoms with Crippen molar-refractivity contribution in [3.8, 4) is 0 Å². The third-order valence-corrected chi connectivity index (χ3v) is 3.22. The maximum Gasteiger partial charge on any atom is 0.0460 e. The number of rotatable bonds is 6. The van der Waals surface area contributed by atoms with Crippen LogP contribution in [0.1, 0.15) is 49.8 Å². The summed E-state index contributed by atoms with van der Waals surface area (Å²) in [7, 11) is 0. The molecule has 90 valence electrons. The molecule has 1 aromatic carbocycles. The van der Waals surface area contributed by atoms with Crippen molar-refractivity contribution in [2.45, 2.75) is 45.6 Å². The van der Waals surface area contributed by atoms with Gasteiger partial charge in [0.15, 0.2) is 0 Å². The molecule has 0 saturated carbocycles. The van der Waals surface area contributed by atoms with Crippen molar-refractivity contribution >= 4 is 15.9 Å². The van der Waals surface area contributed by atoms with Crippen LogP contribution in [0.4, 0.5) is 0 Å². The Balaban J connectivity index is 2.70. The first-order chi connectivity index (χ1) is 7.67. The number of hydrogen-bond donors (Lipinski definition) is 2. The molecule has 0 fully saturated rings. The Kier molecular flexibility index (Phi) is 6.03. The molecule has 0 amide bonds. The van der Waals surface area contributed by atoms with Crippen molar-refractivity contribution in [3.05, 3.63) is 33.8 Å². The Morgan fingerprint density at radius 2 is 2.06 bits per heavy atom. The third-order valence-electron chi connectivity index (χ3n) is 2.76. The maximum absolute atomic E-state index is 5.62. The highest BCUT2D eigenvalue weighted by Gasteiger charge is 2.09. The second-order valence-corrected chi connectivity index (χ2v) is 5.19. The van der Waals surface area contributed by atoms with Gasteiger partial charge in [-0.15, -0.1) is 0 Å². The fourth-order valence-electron chi connectivity index (χ4n) is 1.91. The Morgan fingerprint density at radius 1 is 1.31 bits per heavy atom. The molecule has 0 bridgehead atoms. The summed E-state index contributed by atoms with van der Waals surface area (Å²) in [4.78, 5) is 0. The number of unbranched alkanes of at least 4 members (excludes halogenated alkanes) is 2. The van der Waals surface area contributed by atoms with Gasteiger partial charge in [0, 0.05) is 10.5 Å². The maximum atomic E-state index is 5.62. The van der Waals surface area contributed by atoms with E-state index in [9.17, 15) is 0 Å². The van der Waals surface area contributed by atoms with Gasteiger partial charge in [-0.05, 0) is 36.6 Å². The molecule has 3 heteroatoms. The monoisotopic (exact) mass is 284 g/mol. The molecule has 3 N–H and O–H groups in total. The lowest BCUT2D eigenvalue weighted by Crippen LogP contribution is -2.28. The van der Waals surface area contributed by atoms with E-state index in [-0.39, 0.29) is 6.04 Å². The summed E-state index contributed by atoms with van der Waals surface area (Å²) in [5.41, 5.74) is 5.44. The van der Waals surface area contributed by atoms with Crippen LogP contribution in [0.5, 0.6) is 0 Å². The molecule has 2 nitrogen and oxygen atoms in total. The highest BCUT2D eigenvalue weighted by Crippen LogP contribution is 2.24. The molecular formula is C13H21BrN2. The number of benzene rings is 1. The van der Waals surface area contributed by atoms with Crippen molar-refractivity contribution in [3.63, 3.8) is 0 Å². The predicted molar refractivity (Wildman–Crippen MR) is 73.1 cm³/mol. The zero-order valence-electron chi connectivity index (χ0n) is 10.1. The highest BCUT2D eigenvalue weighted by atomic mass is 79.9. The van der Waals surface area contributed by atoms with Gasteiger partial charge in [-0.25, -0.2) is 0 Å². The molecule has 1 unspecified atom stereocenters. The van der Waals surface area contributed by atoms with E-state index >= 15 is 0 Å². The minimum atomic E-state index is 0.266. The zero-order chi connectivity index (χ0) is 12.0. The van der Waals surface area contributed by atoms with E-state index in [0.29, 0.717) is 0 Å². The first kappa shape index (κ1) is 13.7. The van der Waals surface area contributed by atoms with Crippen LogP contribution < -0.4 is 11.3 Å². The summed E-state index contributed by atoms with van der Waals surface area (Å²) in [5, 5.41) is 0. The number of aryl methyl sites for hydroxylation is 1. The average molecular weight is 285 g/mol. The summed E-state index contributed by atoms with van der Waals surface area (Å²) >= 11 is 3.52. The molecule has 1 aromatic rings. The van der Waals surface area contributed by atoms with Crippen molar-refractivity contribution in [1.29, 1.82) is 0 Å². The third kappa shape index (κ3) is 4.24. The molecule has 0 aromatic heterocycles. The normalized spacial score (nSPS) is 12.8. The van der Waals surface area contributed by atoms with E-state index < -0.39 is 0 Å². The van der Waals surface area contributed by atoms with E-state index in [0.717, 1.165) is 10.9 Å². The van der Waals surface area contributed by atoms with Gasteiger partial charge in [0.1, 0.15) is 0 Å². The minimum Gasteiger partial charge on any atom is -0.271 e. The molecule has 0 aliphatic rings. The number of hydrazine groups is 1. The van der Waals surface area contributed by atoms with Gasteiger partial charge >= 0.3 is 0 Å². The smallest absolute Gasteiger partial charge is 0.0460 e. The number of halogens is 1. The summed E-state index contributed by atoms with van der Waals surface area (Å²) in [6, 6.07) is 6.72. The summed E-state index contributed by atoms with van der Waals surface area (Å²) in [5.74, 6) is 5.62. The lowest BCUT2D eigenvalue weighted by molar-refractivity contribution is 0.486. The lowest BCUT2D eigenvalue weighted by atomic mass is 9.99. The molecule has 1 rings (SSSR count). The van der Waals surface area contributed by atoms with Crippen LogP contribution in [0.3, 0.4) is 0 Å². The number of hydrogen-bond acceptors (Lipinski definition) is 2. The van der Waals surface area contributed by atoms with E-state index in [1.165, 1.54) is 30.4 Å². The first-order valence-electron chi connectivity index (χ1n) is 5.90. The predicted octanol–water partition coefficient (Wildman–Crippen LogP) is 3.84. The Morgan fingerprint density at radius 3 is 2.62 bits per heavy atom. The van der Waals surface area contributed by atoms with Gasteiger partial charge in [-0.1, -0.05) is 48.2 Å². The van der Waals surface area contributed by atoms with Crippen LogP contribution in [0.15, 0.2) is 22.7 Å². The van der Waals surface area contributed by atoms with Crippen molar-refractivity contribution < 1.29 is 0 Å². The molecule has 1 atom stereocenters. The average Bonchev–Trinajstić information content (AvgIpc) is 2.23. The molecule has 0 heterocycles. The largest absolute Gasteiger partial charge is 0.271 e. The summed E-state index contributed by atoms with van der Waals surface area (Å²) in [6.07, 6.45) is 4.83. The second kappa shape index (κ2) is 7.05. The van der Waals surface area contributed by atoms with Crippen LogP contribution in [0.2, 0.25) is 0 Å². The topological polar surface area (TPSA) is 38.0 Å². The van der Waals surface area contributed by atoms with Crippen LogP contribution in [0.25, 0.3) is 0 Å². The summed E-state index contributed by atoms with van der Waals surface area (Å²) in [6.45, 7) is 4.32. The van der Waals surface area contributed by atoms with E-state index in [4.69, 9.17) is 5.84 Å². The SMILES string of the molecule is CCCCCC(NN)c1cc(C)cc(Br)c1. The zero-order valence-corrected chi connectivity index (χ0v) is 11.7. The van der Waals surface area contributed by atoms with Gasteiger partial charge < -0.3 is 0 Å². The van der Waals surface area contributed by atoms with Crippen LogP contribution in [-0.4, -0.2) is 0 Å². The molecular weight excluding hydrogens is 264 g/mol. The van der Waals surface area contributed by atoms with E-state index in [1.807, 2.05) is 0 Å². The first-order valence-corrected chi connectivity index (χ1v) is 6.70. The van der Waals surface area contributed by atoms with Crippen LogP contribution >= 0.6 is 15.9 Å². The van der Waals surface area contributed by atoms with E-state index in [1.54, 1.807) is 0 Å². The highest BCUT2D eigenvalue weighted by molar-refractivity contribution is 9.10. The molecule has 0 aliphatic heterocycles. The number of nitrogens with one attached hydrogen (secondary N) is 1. The molecule has 0 radical (unpaired) electrons. The van der Waals surface area contributed by atoms with E-state index in [2.05, 4.69) is 53.4 Å². The number of nitrogens with two attached hydrogens (primary N) is 1. The lowest BCUT2D eigenvalue weighted by Gasteiger charge is -2.17. The van der Waals surface area contributed by atoms with Gasteiger partial charge in [0.25, 0.3) is 0 Å². The molecule has 0 aliphatic carbocycles. The second-order valence-electron chi connectivity index (χ2n) is 4.28. The molecule has 0 saturated heterocycles. The van der Waals surface area contributed by atoms with Gasteiger partial charge in [-0.3, -0.25) is 11.3 Å².